The van der Waals surface area contributed by atoms with Crippen molar-refractivity contribution in [3.05, 3.63) is 85.5 Å². The number of nitrogens with zero attached hydrogens (tertiary/aromatic N) is 1. The Balaban J connectivity index is 1.74. The molecule has 0 aliphatic rings. The van der Waals surface area contributed by atoms with Crippen LogP contribution < -0.4 is 20.1 Å². The van der Waals surface area contributed by atoms with Crippen molar-refractivity contribution in [1.29, 1.82) is 5.26 Å². The predicted molar refractivity (Wildman–Crippen MR) is 154 cm³/mol. The van der Waals surface area contributed by atoms with Crippen molar-refractivity contribution in [2.24, 2.45) is 0 Å². The minimum Gasteiger partial charge on any atom is -0.493 e. The molecule has 0 fully saturated rings. The zero-order valence-electron chi connectivity index (χ0n) is 21.4. The zero-order chi connectivity index (χ0) is 27.1. The molecular weight excluding hydrogens is 581 g/mol. The lowest BCUT2D eigenvalue weighted by atomic mass is 10.1. The van der Waals surface area contributed by atoms with Gasteiger partial charge in [0.15, 0.2) is 18.1 Å². The summed E-state index contributed by atoms with van der Waals surface area (Å²) in [5.41, 5.74) is 6.08. The second-order valence-electron chi connectivity index (χ2n) is 8.61. The maximum atomic E-state index is 12.8. The molecule has 0 radical (unpaired) electrons. The summed E-state index contributed by atoms with van der Waals surface area (Å²) >= 11 is 2.07. The molecule has 8 heteroatoms. The fourth-order valence-electron chi connectivity index (χ4n) is 3.58. The fourth-order valence-corrected chi connectivity index (χ4v) is 4.36. The lowest BCUT2D eigenvalue weighted by molar-refractivity contribution is -0.118. The van der Waals surface area contributed by atoms with Crippen LogP contribution in [0.4, 0.5) is 11.4 Å². The minimum absolute atomic E-state index is 0.0562. The molecule has 7 nitrogen and oxygen atoms in total. The standard InChI is InChI=1S/C29H28IN3O4/c1-17-6-9-25(20(4)10-17)33-29(35)22(15-31)12-21-13-24(30)28(26(14-21)36-5)37-16-27(34)32-23-8-7-18(2)19(3)11-23/h6-14H,16H2,1-5H3,(H,32,34)(H,33,35)/b22-12+. The first-order valence-corrected chi connectivity index (χ1v) is 12.6. The highest BCUT2D eigenvalue weighted by atomic mass is 127. The predicted octanol–water partition coefficient (Wildman–Crippen LogP) is 6.10. The van der Waals surface area contributed by atoms with Gasteiger partial charge in [0.2, 0.25) is 0 Å². The third kappa shape index (κ3) is 7.33. The minimum atomic E-state index is -0.508. The summed E-state index contributed by atoms with van der Waals surface area (Å²) in [6, 6.07) is 16.7. The molecule has 0 heterocycles. The summed E-state index contributed by atoms with van der Waals surface area (Å²) in [7, 11) is 1.49. The molecule has 0 atom stereocenters. The van der Waals surface area contributed by atoms with Crippen LogP contribution in [0.15, 0.2) is 54.1 Å². The number of aryl methyl sites for hydroxylation is 4. The van der Waals surface area contributed by atoms with Crippen molar-refractivity contribution in [2.75, 3.05) is 24.4 Å². The van der Waals surface area contributed by atoms with Gasteiger partial charge in [0.05, 0.1) is 10.7 Å². The highest BCUT2D eigenvalue weighted by Crippen LogP contribution is 2.34. The zero-order valence-corrected chi connectivity index (χ0v) is 23.5. The molecule has 37 heavy (non-hydrogen) atoms. The van der Waals surface area contributed by atoms with Crippen molar-refractivity contribution in [2.45, 2.75) is 27.7 Å². The van der Waals surface area contributed by atoms with E-state index in [-0.39, 0.29) is 18.1 Å². The average molecular weight is 609 g/mol. The van der Waals surface area contributed by atoms with Crippen molar-refractivity contribution in [1.82, 2.24) is 0 Å². The number of hydrogen-bond donors (Lipinski definition) is 2. The van der Waals surface area contributed by atoms with Crippen molar-refractivity contribution in [3.63, 3.8) is 0 Å². The molecule has 0 aliphatic carbocycles. The van der Waals surface area contributed by atoms with Gasteiger partial charge in [0.25, 0.3) is 11.8 Å². The first-order valence-electron chi connectivity index (χ1n) is 11.5. The summed E-state index contributed by atoms with van der Waals surface area (Å²) in [6.45, 7) is 7.64. The number of carbonyl (C=O) groups excluding carboxylic acids is 2. The van der Waals surface area contributed by atoms with Crippen LogP contribution in [0.3, 0.4) is 0 Å². The number of ether oxygens (including phenoxy) is 2. The Morgan fingerprint density at radius 2 is 1.73 bits per heavy atom. The number of hydrogen-bond acceptors (Lipinski definition) is 5. The van der Waals surface area contributed by atoms with Crippen LogP contribution in [-0.2, 0) is 9.59 Å². The molecule has 0 saturated carbocycles. The monoisotopic (exact) mass is 609 g/mol. The Kier molecular flexibility index (Phi) is 9.31. The van der Waals surface area contributed by atoms with Crippen LogP contribution in [0.2, 0.25) is 0 Å². The van der Waals surface area contributed by atoms with E-state index in [9.17, 15) is 14.9 Å². The third-order valence-electron chi connectivity index (χ3n) is 5.70. The number of anilines is 2. The smallest absolute Gasteiger partial charge is 0.266 e. The molecule has 2 N–H and O–H groups in total. The number of halogens is 1. The van der Waals surface area contributed by atoms with E-state index in [0.29, 0.717) is 32.0 Å². The second-order valence-corrected chi connectivity index (χ2v) is 9.77. The van der Waals surface area contributed by atoms with Crippen molar-refractivity contribution >= 4 is 51.9 Å². The summed E-state index contributed by atoms with van der Waals surface area (Å²) in [6.07, 6.45) is 1.49. The molecule has 0 saturated heterocycles. The van der Waals surface area contributed by atoms with Gasteiger partial charge in [-0.2, -0.15) is 5.26 Å². The maximum Gasteiger partial charge on any atom is 0.266 e. The van der Waals surface area contributed by atoms with E-state index in [1.807, 2.05) is 70.2 Å². The highest BCUT2D eigenvalue weighted by Gasteiger charge is 2.16. The molecule has 0 aromatic heterocycles. The Bertz CT molecular complexity index is 1420. The molecule has 0 bridgehead atoms. The molecule has 0 unspecified atom stereocenters. The lowest BCUT2D eigenvalue weighted by Crippen LogP contribution is -2.20. The molecule has 190 valence electrons. The van der Waals surface area contributed by atoms with Gasteiger partial charge in [-0.1, -0.05) is 23.8 Å². The van der Waals surface area contributed by atoms with Gasteiger partial charge in [-0.15, -0.1) is 0 Å². The number of nitriles is 1. The molecule has 0 spiro atoms. The molecule has 3 aromatic rings. The Labute approximate surface area is 230 Å². The number of amides is 2. The number of nitrogens with one attached hydrogen (secondary N) is 2. The summed E-state index contributed by atoms with van der Waals surface area (Å²) in [5.74, 6) is -0.0374. The van der Waals surface area contributed by atoms with Gasteiger partial charge in [-0.3, -0.25) is 9.59 Å². The van der Waals surface area contributed by atoms with Crippen molar-refractivity contribution < 1.29 is 19.1 Å². The van der Waals surface area contributed by atoms with Crippen LogP contribution >= 0.6 is 22.6 Å². The van der Waals surface area contributed by atoms with Crippen LogP contribution in [0, 0.1) is 42.6 Å². The van der Waals surface area contributed by atoms with Crippen LogP contribution in [0.25, 0.3) is 6.08 Å². The first-order chi connectivity index (χ1) is 17.6. The molecule has 3 rings (SSSR count). The Hall–Kier alpha value is -3.84. The third-order valence-corrected chi connectivity index (χ3v) is 6.50. The lowest BCUT2D eigenvalue weighted by Gasteiger charge is -2.14. The molecule has 0 aliphatic heterocycles. The van der Waals surface area contributed by atoms with E-state index in [4.69, 9.17) is 9.47 Å². The average Bonchev–Trinajstić information content (AvgIpc) is 2.85. The molecule has 2 amide bonds. The second kappa shape index (κ2) is 12.4. The van der Waals surface area contributed by atoms with E-state index >= 15 is 0 Å². The largest absolute Gasteiger partial charge is 0.493 e. The number of benzene rings is 3. The SMILES string of the molecule is COc1cc(/C=C(\C#N)C(=O)Nc2ccc(C)cc2C)cc(I)c1OCC(=O)Nc1ccc(C)c(C)c1. The van der Waals surface area contributed by atoms with E-state index in [0.717, 1.165) is 22.3 Å². The van der Waals surface area contributed by atoms with Crippen molar-refractivity contribution in [3.8, 4) is 17.6 Å². The summed E-state index contributed by atoms with van der Waals surface area (Å²) in [4.78, 5) is 25.2. The van der Waals surface area contributed by atoms with Gasteiger partial charge in [0.1, 0.15) is 11.6 Å². The van der Waals surface area contributed by atoms with Gasteiger partial charge >= 0.3 is 0 Å². The summed E-state index contributed by atoms with van der Waals surface area (Å²) in [5, 5.41) is 15.2. The highest BCUT2D eigenvalue weighted by molar-refractivity contribution is 14.1. The van der Waals surface area contributed by atoms with Crippen LogP contribution in [-0.4, -0.2) is 25.5 Å². The number of carbonyl (C=O) groups is 2. The molecular formula is C29H28IN3O4. The van der Waals surface area contributed by atoms with Crippen LogP contribution in [0.1, 0.15) is 27.8 Å². The number of methoxy groups -OCH3 is 1. The van der Waals surface area contributed by atoms with Gasteiger partial charge in [0, 0.05) is 11.4 Å². The fraction of sp³-hybridized carbons (Fsp3) is 0.207. The van der Waals surface area contributed by atoms with E-state index in [2.05, 4.69) is 33.2 Å². The Morgan fingerprint density at radius 3 is 2.38 bits per heavy atom. The van der Waals surface area contributed by atoms with E-state index in [1.54, 1.807) is 12.1 Å². The normalized spacial score (nSPS) is 10.9. The maximum absolute atomic E-state index is 12.8. The van der Waals surface area contributed by atoms with Gasteiger partial charge < -0.3 is 20.1 Å². The Morgan fingerprint density at radius 1 is 0.973 bits per heavy atom. The van der Waals surface area contributed by atoms with Gasteiger partial charge in [-0.25, -0.2) is 0 Å². The van der Waals surface area contributed by atoms with Crippen LogP contribution in [0.5, 0.6) is 11.5 Å². The summed E-state index contributed by atoms with van der Waals surface area (Å²) < 4.78 is 11.9. The van der Waals surface area contributed by atoms with E-state index in [1.165, 1.54) is 13.2 Å². The molecule has 3 aromatic carbocycles. The quantitative estimate of drug-likeness (QED) is 0.183. The first kappa shape index (κ1) is 27.7. The van der Waals surface area contributed by atoms with E-state index < -0.39 is 5.91 Å². The van der Waals surface area contributed by atoms with Gasteiger partial charge in [-0.05, 0) is 109 Å². The topological polar surface area (TPSA) is 100 Å². The number of rotatable bonds is 8.